The Kier molecular flexibility index (Phi) is 5.96. The molecule has 0 heterocycles. The first-order valence-electron chi connectivity index (χ1n) is 5.85. The molecule has 0 aliphatic carbocycles. The van der Waals surface area contributed by atoms with Gasteiger partial charge >= 0.3 is 0 Å². The van der Waals surface area contributed by atoms with Crippen molar-refractivity contribution >= 4 is 31.9 Å². The van der Waals surface area contributed by atoms with E-state index in [1.54, 1.807) is 12.1 Å². The molecule has 1 aromatic carbocycles. The molecule has 1 atom stereocenters. The van der Waals surface area contributed by atoms with Crippen LogP contribution in [0.1, 0.15) is 26.2 Å². The first-order chi connectivity index (χ1) is 8.86. The number of halogens is 1. The fourth-order valence-electron chi connectivity index (χ4n) is 1.50. The third-order valence-electron chi connectivity index (χ3n) is 2.55. The van der Waals surface area contributed by atoms with Crippen molar-refractivity contribution in [2.75, 3.05) is 0 Å². The fourth-order valence-corrected chi connectivity index (χ4v) is 2.99. The van der Waals surface area contributed by atoms with E-state index in [0.717, 1.165) is 10.9 Å². The van der Waals surface area contributed by atoms with Crippen molar-refractivity contribution in [3.05, 3.63) is 28.7 Å². The summed E-state index contributed by atoms with van der Waals surface area (Å²) in [7, 11) is -3.84. The van der Waals surface area contributed by atoms with Crippen LogP contribution in [0.3, 0.4) is 0 Å². The predicted octanol–water partition coefficient (Wildman–Crippen LogP) is 1.04. The highest BCUT2D eigenvalue weighted by Crippen LogP contribution is 2.15. The molecule has 0 fully saturated rings. The minimum Gasteiger partial charge on any atom is -0.548 e. The maximum atomic E-state index is 12.0. The number of benzene rings is 1. The van der Waals surface area contributed by atoms with Crippen LogP contribution in [0.5, 0.6) is 0 Å². The maximum absolute atomic E-state index is 12.0. The summed E-state index contributed by atoms with van der Waals surface area (Å²) in [5, 5.41) is 10.9. The van der Waals surface area contributed by atoms with Crippen LogP contribution < -0.4 is 9.83 Å². The van der Waals surface area contributed by atoms with Gasteiger partial charge in [-0.15, -0.1) is 0 Å². The lowest BCUT2D eigenvalue weighted by Gasteiger charge is -2.19. The molecule has 0 saturated heterocycles. The lowest BCUT2D eigenvalue weighted by Crippen LogP contribution is -2.47. The largest absolute Gasteiger partial charge is 0.548 e. The van der Waals surface area contributed by atoms with Crippen molar-refractivity contribution < 1.29 is 18.3 Å². The highest BCUT2D eigenvalue weighted by molar-refractivity contribution is 9.10. The molecule has 1 rings (SSSR count). The third-order valence-corrected chi connectivity index (χ3v) is 4.57. The first-order valence-corrected chi connectivity index (χ1v) is 8.13. The average Bonchev–Trinajstić information content (AvgIpc) is 2.34. The van der Waals surface area contributed by atoms with E-state index in [4.69, 9.17) is 0 Å². The molecule has 1 N–H and O–H groups in total. The average molecular weight is 349 g/mol. The van der Waals surface area contributed by atoms with E-state index in [1.807, 2.05) is 6.92 Å². The molecule has 0 spiro atoms. The molecule has 0 radical (unpaired) electrons. The molecule has 19 heavy (non-hydrogen) atoms. The smallest absolute Gasteiger partial charge is 0.241 e. The van der Waals surface area contributed by atoms with Gasteiger partial charge in [0.2, 0.25) is 10.0 Å². The van der Waals surface area contributed by atoms with Crippen molar-refractivity contribution in [1.82, 2.24) is 4.72 Å². The van der Waals surface area contributed by atoms with Crippen LogP contribution >= 0.6 is 15.9 Å². The molecule has 0 aromatic heterocycles. The van der Waals surface area contributed by atoms with E-state index in [2.05, 4.69) is 20.7 Å². The van der Waals surface area contributed by atoms with Crippen LogP contribution in [0.4, 0.5) is 0 Å². The zero-order chi connectivity index (χ0) is 14.5. The molecule has 0 amide bonds. The Morgan fingerprint density at radius 2 is 1.95 bits per heavy atom. The minimum atomic E-state index is -3.84. The standard InChI is InChI=1S/C12H16BrNO4S/c1-2-3-4-11(12(15)16)14-19(17,18)10-7-5-9(13)6-8-10/h5-8,11,14H,2-4H2,1H3,(H,15,16)/p-1. The quantitative estimate of drug-likeness (QED) is 0.797. The molecule has 5 nitrogen and oxygen atoms in total. The summed E-state index contributed by atoms with van der Waals surface area (Å²) in [6.07, 6.45) is 1.61. The second-order valence-electron chi connectivity index (χ2n) is 4.09. The normalized spacial score (nSPS) is 13.2. The summed E-state index contributed by atoms with van der Waals surface area (Å²) >= 11 is 3.20. The Labute approximate surface area is 121 Å². The molecule has 0 aliphatic heterocycles. The van der Waals surface area contributed by atoms with Gasteiger partial charge in [0.1, 0.15) is 0 Å². The number of carbonyl (C=O) groups excluding carboxylic acids is 1. The van der Waals surface area contributed by atoms with Crippen molar-refractivity contribution in [2.24, 2.45) is 0 Å². The van der Waals surface area contributed by atoms with Gasteiger partial charge in [0.15, 0.2) is 0 Å². The van der Waals surface area contributed by atoms with Crippen molar-refractivity contribution in [2.45, 2.75) is 37.1 Å². The number of rotatable bonds is 7. The molecule has 0 bridgehead atoms. The Morgan fingerprint density at radius 3 is 2.42 bits per heavy atom. The Balaban J connectivity index is 2.87. The highest BCUT2D eigenvalue weighted by atomic mass is 79.9. The van der Waals surface area contributed by atoms with Crippen molar-refractivity contribution in [1.29, 1.82) is 0 Å². The van der Waals surface area contributed by atoms with Gasteiger partial charge in [-0.2, -0.15) is 0 Å². The summed E-state index contributed by atoms with van der Waals surface area (Å²) < 4.78 is 26.9. The van der Waals surface area contributed by atoms with E-state index in [9.17, 15) is 18.3 Å². The van der Waals surface area contributed by atoms with Gasteiger partial charge in [-0.3, -0.25) is 0 Å². The number of carboxylic acids is 1. The van der Waals surface area contributed by atoms with Crippen LogP contribution in [0.25, 0.3) is 0 Å². The number of hydrogen-bond donors (Lipinski definition) is 1. The van der Waals surface area contributed by atoms with Gasteiger partial charge in [-0.05, 0) is 30.7 Å². The molecule has 0 saturated carbocycles. The lowest BCUT2D eigenvalue weighted by atomic mass is 10.1. The Bertz CT molecular complexity index is 527. The third kappa shape index (κ3) is 4.93. The Hall–Kier alpha value is -0.920. The number of sulfonamides is 1. The van der Waals surface area contributed by atoms with E-state index in [1.165, 1.54) is 12.1 Å². The predicted molar refractivity (Wildman–Crippen MR) is 72.8 cm³/mol. The molecule has 1 aromatic rings. The molecular formula is C12H15BrNO4S-. The number of unbranched alkanes of at least 4 members (excludes halogenated alkanes) is 1. The number of hydrogen-bond acceptors (Lipinski definition) is 4. The van der Waals surface area contributed by atoms with Crippen LogP contribution in [0.15, 0.2) is 33.6 Å². The van der Waals surface area contributed by atoms with Gasteiger partial charge in [0.05, 0.1) is 16.9 Å². The molecule has 0 aliphatic rings. The second-order valence-corrected chi connectivity index (χ2v) is 6.72. The van der Waals surface area contributed by atoms with E-state index >= 15 is 0 Å². The molecule has 1 unspecified atom stereocenters. The zero-order valence-electron chi connectivity index (χ0n) is 10.4. The van der Waals surface area contributed by atoms with Crippen LogP contribution in [0.2, 0.25) is 0 Å². The summed E-state index contributed by atoms with van der Waals surface area (Å²) in [5.41, 5.74) is 0. The van der Waals surface area contributed by atoms with E-state index in [-0.39, 0.29) is 11.3 Å². The van der Waals surface area contributed by atoms with Gasteiger partial charge in [-0.1, -0.05) is 35.7 Å². The number of carboxylic acid groups (broad SMARTS) is 1. The monoisotopic (exact) mass is 348 g/mol. The lowest BCUT2D eigenvalue weighted by molar-refractivity contribution is -0.308. The molecular weight excluding hydrogens is 334 g/mol. The minimum absolute atomic E-state index is 0.0263. The van der Waals surface area contributed by atoms with Crippen molar-refractivity contribution in [3.63, 3.8) is 0 Å². The van der Waals surface area contributed by atoms with Gasteiger partial charge in [0, 0.05) is 4.47 Å². The SMILES string of the molecule is CCCCC(NS(=O)(=O)c1ccc(Br)cc1)C(=O)[O-]. The Morgan fingerprint density at radius 1 is 1.37 bits per heavy atom. The summed E-state index contributed by atoms with van der Waals surface area (Å²) in [4.78, 5) is 10.9. The van der Waals surface area contributed by atoms with Crippen LogP contribution in [-0.2, 0) is 14.8 Å². The zero-order valence-corrected chi connectivity index (χ0v) is 12.8. The van der Waals surface area contributed by atoms with Crippen LogP contribution in [-0.4, -0.2) is 20.4 Å². The summed E-state index contributed by atoms with van der Waals surface area (Å²) in [6.45, 7) is 1.90. The van der Waals surface area contributed by atoms with Gasteiger partial charge in [-0.25, -0.2) is 13.1 Å². The molecule has 106 valence electrons. The number of carbonyl (C=O) groups is 1. The second kappa shape index (κ2) is 7.02. The fraction of sp³-hybridized carbons (Fsp3) is 0.417. The maximum Gasteiger partial charge on any atom is 0.241 e. The topological polar surface area (TPSA) is 86.3 Å². The number of aliphatic carboxylic acids is 1. The van der Waals surface area contributed by atoms with Crippen molar-refractivity contribution in [3.8, 4) is 0 Å². The highest BCUT2D eigenvalue weighted by Gasteiger charge is 2.20. The summed E-state index contributed by atoms with van der Waals surface area (Å²) in [6, 6.07) is 4.76. The van der Waals surface area contributed by atoms with E-state index in [0.29, 0.717) is 6.42 Å². The summed E-state index contributed by atoms with van der Waals surface area (Å²) in [5.74, 6) is -1.41. The number of nitrogens with one attached hydrogen (secondary N) is 1. The van der Waals surface area contributed by atoms with Crippen LogP contribution in [0, 0.1) is 0 Å². The van der Waals surface area contributed by atoms with Gasteiger partial charge < -0.3 is 9.90 Å². The van der Waals surface area contributed by atoms with E-state index < -0.39 is 22.0 Å². The van der Waals surface area contributed by atoms with Gasteiger partial charge in [0.25, 0.3) is 0 Å². The molecule has 7 heteroatoms. The first kappa shape index (κ1) is 16.1.